The minimum atomic E-state index is -0.551. The van der Waals surface area contributed by atoms with Gasteiger partial charge in [0.05, 0.1) is 11.9 Å². The minimum absolute atomic E-state index is 0.0643. The number of rotatable bonds is 5. The Bertz CT molecular complexity index is 1430. The van der Waals surface area contributed by atoms with Crippen LogP contribution in [0.15, 0.2) is 62.9 Å². The van der Waals surface area contributed by atoms with Crippen LogP contribution >= 0.6 is 15.9 Å². The number of halogens is 1. The van der Waals surface area contributed by atoms with Crippen LogP contribution in [0.25, 0.3) is 11.3 Å². The lowest BCUT2D eigenvalue weighted by Crippen LogP contribution is -2.50. The molecule has 2 N–H and O–H groups in total. The fourth-order valence-electron chi connectivity index (χ4n) is 3.97. The van der Waals surface area contributed by atoms with Gasteiger partial charge in [-0.2, -0.15) is 10.4 Å². The topological polar surface area (TPSA) is 127 Å². The number of nitriles is 1. The number of ether oxygens (including phenoxy) is 1. The quantitative estimate of drug-likeness (QED) is 0.335. The molecule has 2 aromatic carbocycles. The van der Waals surface area contributed by atoms with Gasteiger partial charge in [-0.05, 0) is 39.0 Å². The van der Waals surface area contributed by atoms with E-state index in [-0.39, 0.29) is 23.3 Å². The van der Waals surface area contributed by atoms with Crippen LogP contribution in [0, 0.1) is 11.3 Å². The zero-order valence-corrected chi connectivity index (χ0v) is 22.9. The van der Waals surface area contributed by atoms with Gasteiger partial charge < -0.3 is 14.5 Å². The highest BCUT2D eigenvalue weighted by atomic mass is 79.9. The number of aromatic nitrogens is 2. The summed E-state index contributed by atoms with van der Waals surface area (Å²) < 4.78 is 6.38. The molecule has 38 heavy (non-hydrogen) atoms. The average molecular weight is 578 g/mol. The summed E-state index contributed by atoms with van der Waals surface area (Å²) in [5, 5.41) is 13.8. The van der Waals surface area contributed by atoms with Gasteiger partial charge in [0.2, 0.25) is 5.95 Å². The molecule has 1 fully saturated rings. The second kappa shape index (κ2) is 11.5. The molecule has 196 valence electrons. The van der Waals surface area contributed by atoms with Crippen molar-refractivity contribution in [2.45, 2.75) is 26.4 Å². The Balaban J connectivity index is 1.50. The van der Waals surface area contributed by atoms with Crippen molar-refractivity contribution in [1.29, 1.82) is 5.26 Å². The van der Waals surface area contributed by atoms with E-state index in [0.717, 1.165) is 15.7 Å². The number of aromatic amines is 1. The van der Waals surface area contributed by atoms with Gasteiger partial charge in [-0.25, -0.2) is 15.2 Å². The molecular formula is C27H28BrN7O3. The van der Waals surface area contributed by atoms with Gasteiger partial charge in [-0.15, -0.1) is 0 Å². The number of H-pyrrole nitrogens is 1. The van der Waals surface area contributed by atoms with Gasteiger partial charge >= 0.3 is 6.09 Å². The predicted molar refractivity (Wildman–Crippen MR) is 150 cm³/mol. The van der Waals surface area contributed by atoms with Crippen LogP contribution in [-0.4, -0.2) is 59.0 Å². The lowest BCUT2D eigenvalue weighted by molar-refractivity contribution is 0.0240. The van der Waals surface area contributed by atoms with Crippen molar-refractivity contribution in [2.75, 3.05) is 36.5 Å². The number of piperazine rings is 1. The van der Waals surface area contributed by atoms with E-state index in [1.807, 2.05) is 63.2 Å². The van der Waals surface area contributed by atoms with Crippen LogP contribution in [0.3, 0.4) is 0 Å². The molecule has 4 rings (SSSR count). The average Bonchev–Trinajstić information content (AvgIpc) is 2.88. The Hall–Kier alpha value is -4.17. The zero-order valence-electron chi connectivity index (χ0n) is 21.4. The molecule has 0 atom stereocenters. The fourth-order valence-corrected chi connectivity index (χ4v) is 4.35. The summed E-state index contributed by atoms with van der Waals surface area (Å²) in [4.78, 5) is 35.8. The number of nitrogens with one attached hydrogen (secondary N) is 2. The van der Waals surface area contributed by atoms with E-state index < -0.39 is 11.2 Å². The van der Waals surface area contributed by atoms with Gasteiger partial charge in [0.25, 0.3) is 5.56 Å². The number of nitrogens with zero attached hydrogens (tertiary/aromatic N) is 5. The van der Waals surface area contributed by atoms with E-state index in [1.165, 1.54) is 0 Å². The number of hydrazone groups is 1. The summed E-state index contributed by atoms with van der Waals surface area (Å²) in [5.74, 6) is 0.117. The first-order chi connectivity index (χ1) is 18.1. The standard InChI is InChI=1S/C27H28BrN7O3/c1-27(2,3)38-26(37)35-13-11-34(12-14-35)22-10-9-20(28)15-19(22)17-30-33-25-31-23(18-7-5-4-6-8-18)21(16-29)24(36)32-25/h4-10,15,17H,11-14H2,1-3H3,(H2,31,32,33,36). The van der Waals surface area contributed by atoms with Crippen LogP contribution in [-0.2, 0) is 4.74 Å². The number of anilines is 2. The van der Waals surface area contributed by atoms with Gasteiger partial charge in [-0.1, -0.05) is 46.3 Å². The molecule has 1 saturated heterocycles. The Labute approximate surface area is 229 Å². The lowest BCUT2D eigenvalue weighted by atomic mass is 10.1. The summed E-state index contributed by atoms with van der Waals surface area (Å²) in [7, 11) is 0. The molecule has 0 bridgehead atoms. The summed E-state index contributed by atoms with van der Waals surface area (Å²) in [6.45, 7) is 7.92. The van der Waals surface area contributed by atoms with E-state index in [0.29, 0.717) is 31.7 Å². The highest BCUT2D eigenvalue weighted by molar-refractivity contribution is 9.10. The first-order valence-corrected chi connectivity index (χ1v) is 12.9. The summed E-state index contributed by atoms with van der Waals surface area (Å²) >= 11 is 3.51. The molecule has 0 spiro atoms. The first kappa shape index (κ1) is 26.9. The van der Waals surface area contributed by atoms with Crippen molar-refractivity contribution < 1.29 is 9.53 Å². The maximum absolute atomic E-state index is 12.5. The molecule has 2 heterocycles. The maximum atomic E-state index is 12.5. The largest absolute Gasteiger partial charge is 0.444 e. The first-order valence-electron chi connectivity index (χ1n) is 12.1. The Kier molecular flexibility index (Phi) is 8.12. The van der Waals surface area contributed by atoms with Crippen LogP contribution in [0.2, 0.25) is 0 Å². The van der Waals surface area contributed by atoms with Crippen molar-refractivity contribution in [3.63, 3.8) is 0 Å². The van der Waals surface area contributed by atoms with Gasteiger partial charge in [0, 0.05) is 47.5 Å². The fraction of sp³-hybridized carbons (Fsp3) is 0.296. The number of carbonyl (C=O) groups is 1. The molecule has 0 aliphatic carbocycles. The van der Waals surface area contributed by atoms with Crippen molar-refractivity contribution in [3.8, 4) is 17.3 Å². The molecule has 0 unspecified atom stereocenters. The van der Waals surface area contributed by atoms with Crippen LogP contribution in [0.4, 0.5) is 16.4 Å². The molecule has 1 aliphatic rings. The molecule has 11 heteroatoms. The van der Waals surface area contributed by atoms with Crippen LogP contribution in [0.5, 0.6) is 0 Å². The van der Waals surface area contributed by atoms with Crippen molar-refractivity contribution >= 4 is 39.9 Å². The highest BCUT2D eigenvalue weighted by Crippen LogP contribution is 2.25. The molecule has 0 radical (unpaired) electrons. The second-order valence-corrected chi connectivity index (χ2v) is 10.6. The van der Waals surface area contributed by atoms with E-state index in [1.54, 1.807) is 23.2 Å². The highest BCUT2D eigenvalue weighted by Gasteiger charge is 2.26. The zero-order chi connectivity index (χ0) is 27.3. The Morgan fingerprint density at radius 3 is 2.55 bits per heavy atom. The van der Waals surface area contributed by atoms with Crippen molar-refractivity contribution in [1.82, 2.24) is 14.9 Å². The summed E-state index contributed by atoms with van der Waals surface area (Å²) in [6.07, 6.45) is 1.33. The monoisotopic (exact) mass is 577 g/mol. The molecular weight excluding hydrogens is 550 g/mol. The third kappa shape index (κ3) is 6.58. The van der Waals surface area contributed by atoms with E-state index in [4.69, 9.17) is 4.74 Å². The number of hydrogen-bond acceptors (Lipinski definition) is 8. The molecule has 1 aromatic heterocycles. The third-order valence-corrected chi connectivity index (χ3v) is 6.21. The molecule has 10 nitrogen and oxygen atoms in total. The van der Waals surface area contributed by atoms with E-state index in [9.17, 15) is 14.9 Å². The number of hydrogen-bond donors (Lipinski definition) is 2. The van der Waals surface area contributed by atoms with Gasteiger partial charge in [-0.3, -0.25) is 9.78 Å². The molecule has 3 aromatic rings. The number of carbonyl (C=O) groups excluding carboxylic acids is 1. The smallest absolute Gasteiger partial charge is 0.410 e. The normalized spacial score (nSPS) is 13.9. The lowest BCUT2D eigenvalue weighted by Gasteiger charge is -2.37. The SMILES string of the molecule is CC(C)(C)OC(=O)N1CCN(c2ccc(Br)cc2C=NNc2nc(-c3ccccc3)c(C#N)c(=O)[nH]2)CC1. The summed E-state index contributed by atoms with van der Waals surface area (Å²) in [5.41, 5.74) is 4.34. The van der Waals surface area contributed by atoms with Crippen molar-refractivity contribution in [3.05, 3.63) is 74.5 Å². The molecule has 0 saturated carbocycles. The van der Waals surface area contributed by atoms with E-state index in [2.05, 4.69) is 41.3 Å². The van der Waals surface area contributed by atoms with Crippen LogP contribution < -0.4 is 15.9 Å². The summed E-state index contributed by atoms with van der Waals surface area (Å²) in [6, 6.07) is 16.8. The second-order valence-electron chi connectivity index (χ2n) is 9.64. The minimum Gasteiger partial charge on any atom is -0.444 e. The van der Waals surface area contributed by atoms with E-state index >= 15 is 0 Å². The maximum Gasteiger partial charge on any atom is 0.410 e. The van der Waals surface area contributed by atoms with Crippen LogP contribution in [0.1, 0.15) is 31.9 Å². The number of amides is 1. The predicted octanol–water partition coefficient (Wildman–Crippen LogP) is 4.57. The molecule has 1 amide bonds. The number of benzene rings is 2. The Morgan fingerprint density at radius 1 is 1.18 bits per heavy atom. The Morgan fingerprint density at radius 2 is 1.89 bits per heavy atom. The third-order valence-electron chi connectivity index (χ3n) is 5.71. The molecule has 1 aliphatic heterocycles. The van der Waals surface area contributed by atoms with Gasteiger partial charge in [0.1, 0.15) is 17.2 Å². The van der Waals surface area contributed by atoms with Gasteiger partial charge in [0.15, 0.2) is 0 Å². The van der Waals surface area contributed by atoms with Crippen molar-refractivity contribution in [2.24, 2.45) is 5.10 Å².